The Hall–Kier alpha value is -3.13. The zero-order valence-electron chi connectivity index (χ0n) is 16.7. The van der Waals surface area contributed by atoms with Gasteiger partial charge in [-0.2, -0.15) is 5.26 Å². The van der Waals surface area contributed by atoms with E-state index in [2.05, 4.69) is 11.4 Å². The minimum atomic E-state index is -1.03. The first kappa shape index (κ1) is 21.2. The molecule has 1 N–H and O–H groups in total. The van der Waals surface area contributed by atoms with Crippen molar-refractivity contribution in [1.29, 1.82) is 5.26 Å². The molecule has 28 heavy (non-hydrogen) atoms. The van der Waals surface area contributed by atoms with E-state index in [4.69, 9.17) is 4.74 Å². The van der Waals surface area contributed by atoms with Gasteiger partial charge < -0.3 is 10.1 Å². The molecule has 2 aromatic carbocycles. The minimum Gasteiger partial charge on any atom is -0.452 e. The fourth-order valence-corrected chi connectivity index (χ4v) is 2.71. The van der Waals surface area contributed by atoms with Gasteiger partial charge in [0, 0.05) is 0 Å². The molecule has 0 aliphatic carbocycles. The van der Waals surface area contributed by atoms with Crippen molar-refractivity contribution in [2.75, 3.05) is 0 Å². The topological polar surface area (TPSA) is 79.2 Å². The molecule has 5 nitrogen and oxygen atoms in total. The lowest BCUT2D eigenvalue weighted by Crippen LogP contribution is -2.52. The molecule has 5 heteroatoms. The van der Waals surface area contributed by atoms with Crippen molar-refractivity contribution in [3.63, 3.8) is 0 Å². The summed E-state index contributed by atoms with van der Waals surface area (Å²) < 4.78 is 5.49. The number of nitriles is 1. The van der Waals surface area contributed by atoms with Gasteiger partial charge >= 0.3 is 5.97 Å². The predicted molar refractivity (Wildman–Crippen MR) is 107 cm³/mol. The Kier molecular flexibility index (Phi) is 6.94. The first-order valence-electron chi connectivity index (χ1n) is 9.32. The standard InChI is InChI=1S/C23H26N2O3/c1-16(2)23(4,15-24)25-21(26)17(3)28-22(27)20(18-11-7-5-8-12-18)19-13-9-6-10-14-19/h5-14,16-17,20H,1-4H3,(H,25,26)/t17-,23-/m0/s1. The smallest absolute Gasteiger partial charge is 0.318 e. The summed E-state index contributed by atoms with van der Waals surface area (Å²) in [5.41, 5.74) is 0.543. The highest BCUT2D eigenvalue weighted by Crippen LogP contribution is 2.26. The average Bonchev–Trinajstić information content (AvgIpc) is 2.69. The van der Waals surface area contributed by atoms with E-state index in [0.29, 0.717) is 0 Å². The third-order valence-corrected chi connectivity index (χ3v) is 4.93. The van der Waals surface area contributed by atoms with E-state index in [1.807, 2.05) is 74.5 Å². The normalized spacial score (nSPS) is 14.0. The quantitative estimate of drug-likeness (QED) is 0.743. The van der Waals surface area contributed by atoms with Crippen molar-refractivity contribution in [2.45, 2.75) is 45.3 Å². The van der Waals surface area contributed by atoms with Gasteiger partial charge in [-0.15, -0.1) is 0 Å². The van der Waals surface area contributed by atoms with Crippen LogP contribution in [-0.4, -0.2) is 23.5 Å². The van der Waals surface area contributed by atoms with Gasteiger partial charge in [0.05, 0.1) is 6.07 Å². The van der Waals surface area contributed by atoms with Gasteiger partial charge in [0.2, 0.25) is 0 Å². The lowest BCUT2D eigenvalue weighted by atomic mass is 9.90. The third-order valence-electron chi connectivity index (χ3n) is 4.93. The molecule has 0 saturated carbocycles. The molecule has 0 aliphatic rings. The van der Waals surface area contributed by atoms with Crippen LogP contribution in [0.3, 0.4) is 0 Å². The average molecular weight is 378 g/mol. The Balaban J connectivity index is 2.20. The highest BCUT2D eigenvalue weighted by Gasteiger charge is 2.34. The number of amides is 1. The fourth-order valence-electron chi connectivity index (χ4n) is 2.71. The minimum absolute atomic E-state index is 0.0919. The summed E-state index contributed by atoms with van der Waals surface area (Å²) in [5, 5.41) is 12.1. The van der Waals surface area contributed by atoms with Crippen LogP contribution < -0.4 is 5.32 Å². The molecule has 2 atom stereocenters. The molecule has 0 saturated heterocycles. The molecule has 0 aliphatic heterocycles. The second-order valence-electron chi connectivity index (χ2n) is 7.29. The van der Waals surface area contributed by atoms with Crippen molar-refractivity contribution in [1.82, 2.24) is 5.32 Å². The third kappa shape index (κ3) is 4.98. The number of carbonyl (C=O) groups excluding carboxylic acids is 2. The molecular weight excluding hydrogens is 352 g/mol. The molecule has 0 bridgehead atoms. The van der Waals surface area contributed by atoms with E-state index < -0.39 is 29.4 Å². The summed E-state index contributed by atoms with van der Waals surface area (Å²) in [4.78, 5) is 25.5. The van der Waals surface area contributed by atoms with Gasteiger partial charge in [-0.25, -0.2) is 0 Å². The Labute approximate surface area is 166 Å². The van der Waals surface area contributed by atoms with Crippen LogP contribution in [0.2, 0.25) is 0 Å². The Morgan fingerprint density at radius 3 is 1.82 bits per heavy atom. The Bertz CT molecular complexity index is 804. The number of ether oxygens (including phenoxy) is 1. The maximum Gasteiger partial charge on any atom is 0.318 e. The van der Waals surface area contributed by atoms with Crippen LogP contribution in [0.15, 0.2) is 60.7 Å². The van der Waals surface area contributed by atoms with Crippen LogP contribution in [0.1, 0.15) is 44.7 Å². The van der Waals surface area contributed by atoms with Gasteiger partial charge in [0.25, 0.3) is 5.91 Å². The Morgan fingerprint density at radius 1 is 0.964 bits per heavy atom. The first-order chi connectivity index (χ1) is 13.3. The van der Waals surface area contributed by atoms with Gasteiger partial charge in [0.1, 0.15) is 11.5 Å². The van der Waals surface area contributed by atoms with Crippen LogP contribution in [0.4, 0.5) is 0 Å². The molecule has 1 amide bonds. The largest absolute Gasteiger partial charge is 0.452 e. The van der Waals surface area contributed by atoms with Crippen LogP contribution in [0, 0.1) is 17.2 Å². The number of nitrogens with zero attached hydrogens (tertiary/aromatic N) is 1. The van der Waals surface area contributed by atoms with Gasteiger partial charge in [-0.1, -0.05) is 74.5 Å². The van der Waals surface area contributed by atoms with Gasteiger partial charge in [-0.3, -0.25) is 9.59 Å². The maximum atomic E-state index is 13.0. The summed E-state index contributed by atoms with van der Waals surface area (Å²) in [5.74, 6) is -1.73. The molecule has 0 spiro atoms. The Morgan fingerprint density at radius 2 is 1.43 bits per heavy atom. The summed E-state index contributed by atoms with van der Waals surface area (Å²) in [6.45, 7) is 6.86. The highest BCUT2D eigenvalue weighted by molar-refractivity contribution is 5.87. The predicted octanol–water partition coefficient (Wildman–Crippen LogP) is 3.80. The summed E-state index contributed by atoms with van der Waals surface area (Å²) in [7, 11) is 0. The van der Waals surface area contributed by atoms with E-state index in [1.165, 1.54) is 6.92 Å². The zero-order chi connectivity index (χ0) is 20.7. The second-order valence-corrected chi connectivity index (χ2v) is 7.29. The van der Waals surface area contributed by atoms with E-state index in [1.54, 1.807) is 6.92 Å². The van der Waals surface area contributed by atoms with Crippen LogP contribution in [0.25, 0.3) is 0 Å². The molecule has 0 fully saturated rings. The van der Waals surface area contributed by atoms with E-state index in [9.17, 15) is 14.9 Å². The number of hydrogen-bond acceptors (Lipinski definition) is 4. The number of esters is 1. The molecule has 2 rings (SSSR count). The van der Waals surface area contributed by atoms with E-state index in [-0.39, 0.29) is 5.92 Å². The number of hydrogen-bond donors (Lipinski definition) is 1. The van der Waals surface area contributed by atoms with E-state index in [0.717, 1.165) is 11.1 Å². The van der Waals surface area contributed by atoms with Crippen molar-refractivity contribution in [3.8, 4) is 6.07 Å². The molecule has 146 valence electrons. The fraction of sp³-hybridized carbons (Fsp3) is 0.348. The summed E-state index contributed by atoms with van der Waals surface area (Å²) in [6.07, 6.45) is -1.02. The van der Waals surface area contributed by atoms with Crippen molar-refractivity contribution in [3.05, 3.63) is 71.8 Å². The number of benzene rings is 2. The maximum absolute atomic E-state index is 13.0. The number of nitrogens with one attached hydrogen (secondary N) is 1. The van der Waals surface area contributed by atoms with Crippen molar-refractivity contribution < 1.29 is 14.3 Å². The molecule has 0 heterocycles. The highest BCUT2D eigenvalue weighted by atomic mass is 16.5. The van der Waals surface area contributed by atoms with Gasteiger partial charge in [-0.05, 0) is 30.9 Å². The zero-order valence-corrected chi connectivity index (χ0v) is 16.7. The first-order valence-corrected chi connectivity index (χ1v) is 9.32. The molecule has 2 aromatic rings. The van der Waals surface area contributed by atoms with Crippen molar-refractivity contribution in [2.24, 2.45) is 5.92 Å². The summed E-state index contributed by atoms with van der Waals surface area (Å²) in [6, 6.07) is 20.7. The van der Waals surface area contributed by atoms with Gasteiger partial charge in [0.15, 0.2) is 6.10 Å². The van der Waals surface area contributed by atoms with Crippen LogP contribution >= 0.6 is 0 Å². The second kappa shape index (κ2) is 9.18. The van der Waals surface area contributed by atoms with Crippen LogP contribution in [0.5, 0.6) is 0 Å². The SMILES string of the molecule is CC(C)[C@](C)(C#N)NC(=O)[C@H](C)OC(=O)C(c1ccccc1)c1ccccc1. The molecular formula is C23H26N2O3. The molecule has 0 radical (unpaired) electrons. The van der Waals surface area contributed by atoms with Crippen molar-refractivity contribution >= 4 is 11.9 Å². The molecule has 0 aromatic heterocycles. The lowest BCUT2D eigenvalue weighted by molar-refractivity contribution is -0.156. The molecule has 0 unspecified atom stereocenters. The number of rotatable bonds is 7. The number of carbonyl (C=O) groups is 2. The van der Waals surface area contributed by atoms with E-state index >= 15 is 0 Å². The summed E-state index contributed by atoms with van der Waals surface area (Å²) >= 11 is 0. The lowest BCUT2D eigenvalue weighted by Gasteiger charge is -2.29. The monoisotopic (exact) mass is 378 g/mol. The van der Waals surface area contributed by atoms with Crippen LogP contribution in [-0.2, 0) is 14.3 Å².